The number of benzene rings is 1. The van der Waals surface area contributed by atoms with Crippen molar-refractivity contribution in [1.29, 1.82) is 0 Å². The Balaban J connectivity index is 1.91. The second-order valence-electron chi connectivity index (χ2n) is 5.09. The van der Waals surface area contributed by atoms with Gasteiger partial charge in [0.2, 0.25) is 0 Å². The minimum atomic E-state index is 0.260. The lowest BCUT2D eigenvalue weighted by Crippen LogP contribution is -2.23. The molecule has 0 saturated heterocycles. The molecule has 1 atom stereocenters. The molecule has 0 bridgehead atoms. The molecule has 0 saturated carbocycles. The van der Waals surface area contributed by atoms with Crippen molar-refractivity contribution in [3.63, 3.8) is 0 Å². The average molecular weight is 277 g/mol. The molecule has 0 aliphatic heterocycles. The Hall–Kier alpha value is -2.26. The number of pyridine rings is 2. The van der Waals surface area contributed by atoms with Crippen LogP contribution in [0.4, 0.5) is 0 Å². The minimum absolute atomic E-state index is 0.260. The summed E-state index contributed by atoms with van der Waals surface area (Å²) in [6.07, 6.45) is 4.57. The van der Waals surface area contributed by atoms with Gasteiger partial charge in [0.15, 0.2) is 0 Å². The van der Waals surface area contributed by atoms with Crippen LogP contribution in [-0.2, 0) is 6.42 Å². The first kappa shape index (κ1) is 13.7. The molecule has 106 valence electrons. The zero-order valence-electron chi connectivity index (χ0n) is 12.2. The molecule has 0 aliphatic carbocycles. The van der Waals surface area contributed by atoms with Gasteiger partial charge in [0.1, 0.15) is 0 Å². The molecular weight excluding hydrogens is 258 g/mol. The van der Waals surface area contributed by atoms with Crippen LogP contribution in [0.3, 0.4) is 0 Å². The van der Waals surface area contributed by atoms with Crippen molar-refractivity contribution in [2.75, 3.05) is 6.54 Å². The molecule has 21 heavy (non-hydrogen) atoms. The van der Waals surface area contributed by atoms with E-state index in [9.17, 15) is 0 Å². The zero-order valence-corrected chi connectivity index (χ0v) is 12.2. The largest absolute Gasteiger partial charge is 0.310 e. The first-order valence-electron chi connectivity index (χ1n) is 7.35. The second-order valence-corrected chi connectivity index (χ2v) is 5.09. The van der Waals surface area contributed by atoms with Crippen molar-refractivity contribution in [1.82, 2.24) is 15.3 Å². The Morgan fingerprint density at radius 2 is 1.90 bits per heavy atom. The SMILES string of the molecule is CCNC(Cc1ccccn1)c1ccc2cccnc2c1. The van der Waals surface area contributed by atoms with Gasteiger partial charge in [-0.15, -0.1) is 0 Å². The molecule has 1 N–H and O–H groups in total. The quantitative estimate of drug-likeness (QED) is 0.775. The summed E-state index contributed by atoms with van der Waals surface area (Å²) in [4.78, 5) is 8.88. The van der Waals surface area contributed by atoms with E-state index >= 15 is 0 Å². The Morgan fingerprint density at radius 1 is 1.00 bits per heavy atom. The molecule has 2 aromatic heterocycles. The molecule has 0 spiro atoms. The third-order valence-corrected chi connectivity index (χ3v) is 3.62. The van der Waals surface area contributed by atoms with E-state index in [-0.39, 0.29) is 6.04 Å². The van der Waals surface area contributed by atoms with E-state index in [1.807, 2.05) is 30.6 Å². The van der Waals surface area contributed by atoms with Gasteiger partial charge in [0.25, 0.3) is 0 Å². The minimum Gasteiger partial charge on any atom is -0.310 e. The number of rotatable bonds is 5. The fourth-order valence-corrected chi connectivity index (χ4v) is 2.58. The predicted octanol–water partition coefficient (Wildman–Crippen LogP) is 3.52. The molecule has 1 aromatic carbocycles. The van der Waals surface area contributed by atoms with Gasteiger partial charge < -0.3 is 5.32 Å². The normalized spacial score (nSPS) is 12.4. The highest BCUT2D eigenvalue weighted by Gasteiger charge is 2.12. The lowest BCUT2D eigenvalue weighted by molar-refractivity contribution is 0.544. The van der Waals surface area contributed by atoms with E-state index < -0.39 is 0 Å². The summed E-state index contributed by atoms with van der Waals surface area (Å²) in [5.74, 6) is 0. The molecule has 2 heterocycles. The van der Waals surface area contributed by atoms with Crippen LogP contribution < -0.4 is 5.32 Å². The lowest BCUT2D eigenvalue weighted by Gasteiger charge is -2.18. The first-order valence-corrected chi connectivity index (χ1v) is 7.35. The van der Waals surface area contributed by atoms with E-state index in [2.05, 4.69) is 52.5 Å². The van der Waals surface area contributed by atoms with Crippen LogP contribution in [0.1, 0.15) is 24.2 Å². The topological polar surface area (TPSA) is 37.8 Å². The van der Waals surface area contributed by atoms with Crippen LogP contribution in [-0.4, -0.2) is 16.5 Å². The summed E-state index contributed by atoms with van der Waals surface area (Å²) in [5.41, 5.74) is 3.40. The first-order chi connectivity index (χ1) is 10.4. The molecule has 0 amide bonds. The Bertz CT molecular complexity index is 710. The number of nitrogens with zero attached hydrogens (tertiary/aromatic N) is 2. The zero-order chi connectivity index (χ0) is 14.5. The molecule has 3 heteroatoms. The third-order valence-electron chi connectivity index (χ3n) is 3.62. The van der Waals surface area contributed by atoms with Gasteiger partial charge in [-0.05, 0) is 36.4 Å². The smallest absolute Gasteiger partial charge is 0.0705 e. The van der Waals surface area contributed by atoms with Gasteiger partial charge >= 0.3 is 0 Å². The molecule has 3 rings (SSSR count). The maximum Gasteiger partial charge on any atom is 0.0705 e. The molecule has 0 fully saturated rings. The van der Waals surface area contributed by atoms with E-state index in [0.29, 0.717) is 0 Å². The van der Waals surface area contributed by atoms with Gasteiger partial charge in [-0.2, -0.15) is 0 Å². The number of hydrogen-bond acceptors (Lipinski definition) is 3. The molecular formula is C18H19N3. The van der Waals surface area contributed by atoms with Gasteiger partial charge in [-0.3, -0.25) is 9.97 Å². The van der Waals surface area contributed by atoms with Crippen LogP contribution in [0.25, 0.3) is 10.9 Å². The van der Waals surface area contributed by atoms with Crippen LogP contribution in [0.2, 0.25) is 0 Å². The van der Waals surface area contributed by atoms with Crippen LogP contribution in [0, 0.1) is 0 Å². The highest BCUT2D eigenvalue weighted by atomic mass is 14.9. The molecule has 3 nitrogen and oxygen atoms in total. The van der Waals surface area contributed by atoms with Gasteiger partial charge in [0, 0.05) is 35.9 Å². The standard InChI is InChI=1S/C18H19N3/c1-2-19-18(13-16-7-3-4-10-20-16)15-9-8-14-6-5-11-21-17(14)12-15/h3-12,18-19H,2,13H2,1H3. The number of likely N-dealkylation sites (N-methyl/N-ethyl adjacent to an activating group) is 1. The summed E-state index contributed by atoms with van der Waals surface area (Å²) in [6.45, 7) is 3.06. The summed E-state index contributed by atoms with van der Waals surface area (Å²) in [7, 11) is 0. The van der Waals surface area contributed by atoms with Crippen molar-refractivity contribution >= 4 is 10.9 Å². The van der Waals surface area contributed by atoms with Crippen molar-refractivity contribution < 1.29 is 0 Å². The molecule has 1 unspecified atom stereocenters. The van der Waals surface area contributed by atoms with Gasteiger partial charge in [-0.1, -0.05) is 31.2 Å². The number of fused-ring (bicyclic) bond motifs is 1. The van der Waals surface area contributed by atoms with Crippen LogP contribution >= 0.6 is 0 Å². The number of hydrogen-bond donors (Lipinski definition) is 1. The summed E-state index contributed by atoms with van der Waals surface area (Å²) in [6, 6.07) is 16.9. The van der Waals surface area contributed by atoms with Crippen LogP contribution in [0.15, 0.2) is 60.9 Å². The Kier molecular flexibility index (Phi) is 4.22. The third kappa shape index (κ3) is 3.26. The second kappa shape index (κ2) is 6.46. The van der Waals surface area contributed by atoms with Crippen molar-refractivity contribution in [3.05, 3.63) is 72.2 Å². The monoisotopic (exact) mass is 277 g/mol. The summed E-state index contributed by atoms with van der Waals surface area (Å²) in [5, 5.41) is 4.72. The molecule has 3 aromatic rings. The average Bonchev–Trinajstić information content (AvgIpc) is 2.55. The van der Waals surface area contributed by atoms with E-state index in [1.165, 1.54) is 10.9 Å². The molecule has 0 radical (unpaired) electrons. The van der Waals surface area contributed by atoms with E-state index in [4.69, 9.17) is 0 Å². The molecule has 0 aliphatic rings. The highest BCUT2D eigenvalue weighted by Crippen LogP contribution is 2.21. The maximum atomic E-state index is 4.45. The fourth-order valence-electron chi connectivity index (χ4n) is 2.58. The van der Waals surface area contributed by atoms with Gasteiger partial charge in [-0.25, -0.2) is 0 Å². The predicted molar refractivity (Wildman–Crippen MR) is 86.1 cm³/mol. The summed E-state index contributed by atoms with van der Waals surface area (Å²) < 4.78 is 0. The number of nitrogens with one attached hydrogen (secondary N) is 1. The maximum absolute atomic E-state index is 4.45. The Morgan fingerprint density at radius 3 is 2.71 bits per heavy atom. The van der Waals surface area contributed by atoms with Crippen molar-refractivity contribution in [3.8, 4) is 0 Å². The number of aromatic nitrogens is 2. The van der Waals surface area contributed by atoms with Gasteiger partial charge in [0.05, 0.1) is 5.52 Å². The summed E-state index contributed by atoms with van der Waals surface area (Å²) >= 11 is 0. The van der Waals surface area contributed by atoms with Crippen LogP contribution in [0.5, 0.6) is 0 Å². The van der Waals surface area contributed by atoms with E-state index in [1.54, 1.807) is 0 Å². The van der Waals surface area contributed by atoms with Crippen molar-refractivity contribution in [2.45, 2.75) is 19.4 Å². The van der Waals surface area contributed by atoms with Crippen molar-refractivity contribution in [2.24, 2.45) is 0 Å². The Labute approximate surface area is 125 Å². The fraction of sp³-hybridized carbons (Fsp3) is 0.222. The highest BCUT2D eigenvalue weighted by molar-refractivity contribution is 5.79. The lowest BCUT2D eigenvalue weighted by atomic mass is 10.00. The van der Waals surface area contributed by atoms with E-state index in [0.717, 1.165) is 24.2 Å².